The molecule has 1 amide bonds. The van der Waals surface area contributed by atoms with Crippen molar-refractivity contribution in [2.75, 3.05) is 12.1 Å². The highest BCUT2D eigenvalue weighted by atomic mass is 32.1. The summed E-state index contributed by atoms with van der Waals surface area (Å²) in [7, 11) is 0. The maximum Gasteiger partial charge on any atom is 0.280 e. The van der Waals surface area contributed by atoms with Gasteiger partial charge in [0.25, 0.3) is 11.6 Å². The number of nitrogens with one attached hydrogen (secondary N) is 1. The minimum Gasteiger partial charge on any atom is -0.454 e. The fourth-order valence-corrected chi connectivity index (χ4v) is 2.81. The molecule has 0 saturated carbocycles. The summed E-state index contributed by atoms with van der Waals surface area (Å²) in [6.07, 6.45) is 1.79. The molecule has 132 valence electrons. The van der Waals surface area contributed by atoms with Crippen LogP contribution in [0.2, 0.25) is 0 Å². The molecule has 0 bridgehead atoms. The molecule has 26 heavy (non-hydrogen) atoms. The van der Waals surface area contributed by atoms with Gasteiger partial charge in [-0.05, 0) is 18.6 Å². The number of carbonyl (C=O) groups is 1. The summed E-state index contributed by atoms with van der Waals surface area (Å²) in [6, 6.07) is 4.28. The number of nitriles is 1. The van der Waals surface area contributed by atoms with Crippen molar-refractivity contribution < 1.29 is 19.2 Å². The fraction of sp³-hybridized carbons (Fsp3) is 0.200. The summed E-state index contributed by atoms with van der Waals surface area (Å²) >= 11 is 1.18. The van der Waals surface area contributed by atoms with Crippen LogP contribution >= 0.6 is 11.3 Å². The van der Waals surface area contributed by atoms with E-state index in [1.54, 1.807) is 6.07 Å². The number of amides is 1. The number of fused-ring (bicyclic) bond motifs is 1. The number of carbonyl (C=O) groups excluding carboxylic acids is 1. The van der Waals surface area contributed by atoms with E-state index in [9.17, 15) is 20.2 Å². The van der Waals surface area contributed by atoms with Gasteiger partial charge in [-0.3, -0.25) is 20.2 Å². The number of benzene rings is 1. The lowest BCUT2D eigenvalue weighted by molar-refractivity contribution is -0.385. The van der Waals surface area contributed by atoms with Gasteiger partial charge in [0.15, 0.2) is 11.5 Å². The summed E-state index contributed by atoms with van der Waals surface area (Å²) in [5.41, 5.74) is -0.573. The van der Waals surface area contributed by atoms with Gasteiger partial charge >= 0.3 is 0 Å². The van der Waals surface area contributed by atoms with Crippen molar-refractivity contribution in [1.29, 1.82) is 5.26 Å². The van der Waals surface area contributed by atoms with Crippen LogP contribution in [0.4, 0.5) is 10.8 Å². The maximum atomic E-state index is 12.3. The van der Waals surface area contributed by atoms with Gasteiger partial charge in [0.2, 0.25) is 11.9 Å². The van der Waals surface area contributed by atoms with Gasteiger partial charge in [-0.2, -0.15) is 5.26 Å². The average Bonchev–Trinajstić information content (AvgIpc) is 3.26. The molecular weight excluding hydrogens is 362 g/mol. The van der Waals surface area contributed by atoms with Gasteiger partial charge in [0, 0.05) is 0 Å². The van der Waals surface area contributed by atoms with Crippen LogP contribution in [0.3, 0.4) is 0 Å². The van der Waals surface area contributed by atoms with Gasteiger partial charge < -0.3 is 9.47 Å². The Morgan fingerprint density at radius 1 is 1.46 bits per heavy atom. The van der Waals surface area contributed by atoms with Gasteiger partial charge in [-0.15, -0.1) is 10.2 Å². The first-order valence-electron chi connectivity index (χ1n) is 7.35. The molecule has 0 spiro atoms. The van der Waals surface area contributed by atoms with Gasteiger partial charge in [-0.25, -0.2) is 0 Å². The number of nitro benzene ring substituents is 1. The highest BCUT2D eigenvalue weighted by molar-refractivity contribution is 7.15. The van der Waals surface area contributed by atoms with E-state index in [2.05, 4.69) is 15.5 Å². The quantitative estimate of drug-likeness (QED) is 0.364. The van der Waals surface area contributed by atoms with Crippen molar-refractivity contribution in [3.05, 3.63) is 38.4 Å². The predicted octanol–water partition coefficient (Wildman–Crippen LogP) is 2.28. The number of nitro groups is 1. The van der Waals surface area contributed by atoms with Crippen molar-refractivity contribution in [3.8, 4) is 17.6 Å². The SMILES string of the molecule is CCc1nnc(NC(=O)C(C#N)=Cc2cc3c(cc2[N+](=O)[O-])OCO3)s1. The summed E-state index contributed by atoms with van der Waals surface area (Å²) in [6.45, 7) is 1.84. The van der Waals surface area contributed by atoms with E-state index in [4.69, 9.17) is 9.47 Å². The van der Waals surface area contributed by atoms with E-state index in [0.29, 0.717) is 12.2 Å². The third kappa shape index (κ3) is 3.45. The molecule has 11 heteroatoms. The summed E-state index contributed by atoms with van der Waals surface area (Å²) in [5, 5.41) is 31.6. The third-order valence-electron chi connectivity index (χ3n) is 3.37. The van der Waals surface area contributed by atoms with Crippen molar-refractivity contribution in [1.82, 2.24) is 10.2 Å². The van der Waals surface area contributed by atoms with E-state index in [0.717, 1.165) is 11.1 Å². The van der Waals surface area contributed by atoms with E-state index in [1.165, 1.54) is 23.5 Å². The number of anilines is 1. The Labute approximate surface area is 150 Å². The Kier molecular flexibility index (Phi) is 4.76. The molecule has 3 rings (SSSR count). The Morgan fingerprint density at radius 3 is 2.81 bits per heavy atom. The van der Waals surface area contributed by atoms with Crippen LogP contribution in [0.5, 0.6) is 11.5 Å². The number of hydrogen-bond acceptors (Lipinski definition) is 9. The lowest BCUT2D eigenvalue weighted by atomic mass is 10.1. The van der Waals surface area contributed by atoms with E-state index >= 15 is 0 Å². The molecule has 10 nitrogen and oxygen atoms in total. The lowest BCUT2D eigenvalue weighted by Gasteiger charge is -2.03. The number of hydrogen-bond donors (Lipinski definition) is 1. The molecule has 0 saturated heterocycles. The molecule has 1 aromatic carbocycles. The maximum absolute atomic E-state index is 12.3. The van der Waals surface area contributed by atoms with Gasteiger partial charge in [0.05, 0.1) is 16.6 Å². The molecule has 1 aliphatic rings. The average molecular weight is 373 g/mol. The Morgan fingerprint density at radius 2 is 2.19 bits per heavy atom. The predicted molar refractivity (Wildman–Crippen MR) is 90.7 cm³/mol. The number of aromatic nitrogens is 2. The second kappa shape index (κ2) is 7.16. The zero-order chi connectivity index (χ0) is 18.7. The van der Waals surface area contributed by atoms with Crippen molar-refractivity contribution >= 4 is 34.1 Å². The topological polar surface area (TPSA) is 140 Å². The summed E-state index contributed by atoms with van der Waals surface area (Å²) < 4.78 is 10.3. The molecular formula is C15H11N5O5S. The highest BCUT2D eigenvalue weighted by Crippen LogP contribution is 2.38. The second-order valence-corrected chi connectivity index (χ2v) is 6.06. The molecule has 1 N–H and O–H groups in total. The van der Waals surface area contributed by atoms with Crippen LogP contribution in [0, 0.1) is 21.4 Å². The van der Waals surface area contributed by atoms with Crippen molar-refractivity contribution in [2.45, 2.75) is 13.3 Å². The molecule has 0 radical (unpaired) electrons. The molecule has 2 heterocycles. The standard InChI is InChI=1S/C15H11N5O5S/c1-2-13-18-19-15(26-13)17-14(21)9(6-16)3-8-4-11-12(25-7-24-11)5-10(8)20(22)23/h3-5H,2,7H2,1H3,(H,17,19,21). The third-order valence-corrected chi connectivity index (χ3v) is 4.36. The zero-order valence-electron chi connectivity index (χ0n) is 13.4. The van der Waals surface area contributed by atoms with Crippen molar-refractivity contribution in [2.24, 2.45) is 0 Å². The van der Waals surface area contributed by atoms with Crippen LogP contribution in [-0.2, 0) is 11.2 Å². The smallest absolute Gasteiger partial charge is 0.280 e. The molecule has 0 unspecified atom stereocenters. The Hall–Kier alpha value is -3.52. The molecule has 2 aromatic rings. The summed E-state index contributed by atoms with van der Waals surface area (Å²) in [5.74, 6) is -0.202. The summed E-state index contributed by atoms with van der Waals surface area (Å²) in [4.78, 5) is 22.9. The molecule has 0 atom stereocenters. The molecule has 1 aromatic heterocycles. The minimum atomic E-state index is -0.738. The van der Waals surface area contributed by atoms with Gasteiger partial charge in [0.1, 0.15) is 16.6 Å². The fourth-order valence-electron chi connectivity index (χ4n) is 2.14. The monoisotopic (exact) mass is 373 g/mol. The lowest BCUT2D eigenvalue weighted by Crippen LogP contribution is -2.13. The second-order valence-electron chi connectivity index (χ2n) is 5.00. The first kappa shape index (κ1) is 17.3. The van der Waals surface area contributed by atoms with E-state index < -0.39 is 10.8 Å². The van der Waals surface area contributed by atoms with E-state index in [-0.39, 0.29) is 34.5 Å². The number of ether oxygens (including phenoxy) is 2. The molecule has 0 aliphatic carbocycles. The number of rotatable bonds is 5. The van der Waals surface area contributed by atoms with Crippen molar-refractivity contribution in [3.63, 3.8) is 0 Å². The van der Waals surface area contributed by atoms with Crippen LogP contribution in [0.1, 0.15) is 17.5 Å². The first-order chi connectivity index (χ1) is 12.5. The highest BCUT2D eigenvalue weighted by Gasteiger charge is 2.23. The molecule has 1 aliphatic heterocycles. The van der Waals surface area contributed by atoms with Crippen LogP contribution < -0.4 is 14.8 Å². The number of aryl methyl sites for hydroxylation is 1. The van der Waals surface area contributed by atoms with Gasteiger partial charge in [-0.1, -0.05) is 18.3 Å². The van der Waals surface area contributed by atoms with Crippen LogP contribution in [0.25, 0.3) is 6.08 Å². The van der Waals surface area contributed by atoms with Crippen LogP contribution in [0.15, 0.2) is 17.7 Å². The Balaban J connectivity index is 1.92. The van der Waals surface area contributed by atoms with E-state index in [1.807, 2.05) is 6.92 Å². The number of nitrogens with zero attached hydrogens (tertiary/aromatic N) is 4. The minimum absolute atomic E-state index is 0.0532. The zero-order valence-corrected chi connectivity index (χ0v) is 14.2. The normalized spacial score (nSPS) is 12.5. The first-order valence-corrected chi connectivity index (χ1v) is 8.17. The van der Waals surface area contributed by atoms with Crippen LogP contribution in [-0.4, -0.2) is 27.8 Å². The largest absolute Gasteiger partial charge is 0.454 e. The molecule has 0 fully saturated rings. The Bertz CT molecular complexity index is 962.